The summed E-state index contributed by atoms with van der Waals surface area (Å²) in [7, 11) is 1.79. The molecule has 2 aromatic carbocycles. The van der Waals surface area contributed by atoms with Crippen LogP contribution in [-0.4, -0.2) is 38.1 Å². The van der Waals surface area contributed by atoms with Crippen molar-refractivity contribution < 1.29 is 14.4 Å². The Morgan fingerprint density at radius 3 is 2.56 bits per heavy atom. The number of halogens is 1. The van der Waals surface area contributed by atoms with E-state index in [0.717, 1.165) is 0 Å². The SMILES string of the molecule is CC(=O)c1cccc(NC(=O)CSc2nnc(CCC(=O)Nc3ccccc3Cl)n2C)c1. The molecule has 0 saturated carbocycles. The van der Waals surface area contributed by atoms with Gasteiger partial charge in [-0.1, -0.05) is 47.6 Å². The minimum atomic E-state index is -0.223. The molecule has 3 rings (SSSR count). The zero-order valence-corrected chi connectivity index (χ0v) is 19.2. The zero-order chi connectivity index (χ0) is 23.1. The second kappa shape index (κ2) is 10.9. The summed E-state index contributed by atoms with van der Waals surface area (Å²) in [5.41, 5.74) is 1.66. The number of carbonyl (C=O) groups is 3. The highest BCUT2D eigenvalue weighted by atomic mass is 35.5. The van der Waals surface area contributed by atoms with Crippen LogP contribution in [-0.2, 0) is 23.1 Å². The smallest absolute Gasteiger partial charge is 0.234 e. The zero-order valence-electron chi connectivity index (χ0n) is 17.6. The molecular weight excluding hydrogens is 450 g/mol. The Labute approximate surface area is 194 Å². The highest BCUT2D eigenvalue weighted by Gasteiger charge is 2.14. The molecule has 0 spiro atoms. The van der Waals surface area contributed by atoms with Crippen molar-refractivity contribution in [2.24, 2.45) is 7.05 Å². The Morgan fingerprint density at radius 1 is 1.03 bits per heavy atom. The summed E-state index contributed by atoms with van der Waals surface area (Å²) in [5, 5.41) is 14.8. The first-order valence-corrected chi connectivity index (χ1v) is 11.2. The van der Waals surface area contributed by atoms with E-state index in [1.807, 2.05) is 0 Å². The largest absolute Gasteiger partial charge is 0.325 e. The van der Waals surface area contributed by atoms with Crippen LogP contribution in [0.5, 0.6) is 0 Å². The molecular formula is C22H22ClN5O3S. The van der Waals surface area contributed by atoms with E-state index in [-0.39, 0.29) is 29.8 Å². The number of rotatable bonds is 9. The molecule has 166 valence electrons. The predicted octanol–water partition coefficient (Wildman–Crippen LogP) is 3.97. The van der Waals surface area contributed by atoms with E-state index in [1.165, 1.54) is 18.7 Å². The maximum absolute atomic E-state index is 12.3. The van der Waals surface area contributed by atoms with Gasteiger partial charge in [-0.05, 0) is 31.2 Å². The van der Waals surface area contributed by atoms with Crippen molar-refractivity contribution in [3.05, 3.63) is 64.9 Å². The van der Waals surface area contributed by atoms with Gasteiger partial charge in [0.05, 0.1) is 16.5 Å². The van der Waals surface area contributed by atoms with Gasteiger partial charge in [0.15, 0.2) is 10.9 Å². The van der Waals surface area contributed by atoms with Crippen LogP contribution in [0, 0.1) is 0 Å². The highest BCUT2D eigenvalue weighted by molar-refractivity contribution is 7.99. The number of carbonyl (C=O) groups excluding carboxylic acids is 3. The van der Waals surface area contributed by atoms with Crippen LogP contribution in [0.1, 0.15) is 29.5 Å². The number of aromatic nitrogens is 3. The first-order chi connectivity index (χ1) is 15.3. The van der Waals surface area contributed by atoms with Crippen LogP contribution in [0.2, 0.25) is 5.02 Å². The number of thioether (sulfide) groups is 1. The van der Waals surface area contributed by atoms with E-state index in [0.29, 0.717) is 39.4 Å². The fraction of sp³-hybridized carbons (Fsp3) is 0.227. The average molecular weight is 472 g/mol. The van der Waals surface area contributed by atoms with Gasteiger partial charge in [-0.15, -0.1) is 10.2 Å². The van der Waals surface area contributed by atoms with Crippen molar-refractivity contribution in [1.29, 1.82) is 0 Å². The number of Topliss-reactive ketones (excluding diaryl/α,β-unsaturated/α-hetero) is 1. The van der Waals surface area contributed by atoms with Gasteiger partial charge in [0, 0.05) is 31.1 Å². The van der Waals surface area contributed by atoms with Crippen molar-refractivity contribution in [3.8, 4) is 0 Å². The van der Waals surface area contributed by atoms with Gasteiger partial charge in [0.1, 0.15) is 5.82 Å². The van der Waals surface area contributed by atoms with Gasteiger partial charge in [0.25, 0.3) is 0 Å². The number of nitrogens with zero attached hydrogens (tertiary/aromatic N) is 3. The standard InChI is InChI=1S/C22H22ClN5O3S/c1-14(29)15-6-5-7-16(12-15)24-21(31)13-32-22-27-26-19(28(22)2)10-11-20(30)25-18-9-4-3-8-17(18)23/h3-9,12H,10-11,13H2,1-2H3,(H,24,31)(H,25,30). The molecule has 0 atom stereocenters. The average Bonchev–Trinajstić information content (AvgIpc) is 3.12. The first kappa shape index (κ1) is 23.5. The summed E-state index contributed by atoms with van der Waals surface area (Å²) in [6.07, 6.45) is 0.610. The molecule has 0 aliphatic rings. The Hall–Kier alpha value is -3.17. The Balaban J connectivity index is 1.49. The number of ketones is 1. The maximum atomic E-state index is 12.3. The van der Waals surface area contributed by atoms with Gasteiger partial charge < -0.3 is 15.2 Å². The van der Waals surface area contributed by atoms with Crippen molar-refractivity contribution in [2.75, 3.05) is 16.4 Å². The molecule has 0 aliphatic carbocycles. The third-order valence-corrected chi connectivity index (χ3v) is 5.88. The van der Waals surface area contributed by atoms with E-state index in [1.54, 1.807) is 60.1 Å². The number of benzene rings is 2. The maximum Gasteiger partial charge on any atom is 0.234 e. The number of hydrogen-bond donors (Lipinski definition) is 2. The van der Waals surface area contributed by atoms with Crippen LogP contribution < -0.4 is 10.6 Å². The molecule has 3 aromatic rings. The van der Waals surface area contributed by atoms with Gasteiger partial charge in [-0.25, -0.2) is 0 Å². The predicted molar refractivity (Wildman–Crippen MR) is 125 cm³/mol. The lowest BCUT2D eigenvalue weighted by atomic mass is 10.1. The first-order valence-electron chi connectivity index (χ1n) is 9.80. The Kier molecular flexibility index (Phi) is 8.02. The molecule has 0 fully saturated rings. The van der Waals surface area contributed by atoms with E-state index in [9.17, 15) is 14.4 Å². The third-order valence-electron chi connectivity index (χ3n) is 4.53. The number of amides is 2. The molecule has 2 amide bonds. The van der Waals surface area contributed by atoms with Crippen LogP contribution in [0.25, 0.3) is 0 Å². The van der Waals surface area contributed by atoms with Crippen molar-refractivity contribution in [3.63, 3.8) is 0 Å². The number of hydrogen-bond acceptors (Lipinski definition) is 6. The van der Waals surface area contributed by atoms with Crippen LogP contribution in [0.15, 0.2) is 53.7 Å². The quantitative estimate of drug-likeness (QED) is 0.361. The van der Waals surface area contributed by atoms with Gasteiger partial charge in [-0.2, -0.15) is 0 Å². The number of anilines is 2. The summed E-state index contributed by atoms with van der Waals surface area (Å²) in [4.78, 5) is 35.9. The number of para-hydroxylation sites is 1. The Morgan fingerprint density at radius 2 is 1.81 bits per heavy atom. The number of aryl methyl sites for hydroxylation is 1. The monoisotopic (exact) mass is 471 g/mol. The third kappa shape index (κ3) is 6.41. The highest BCUT2D eigenvalue weighted by Crippen LogP contribution is 2.21. The van der Waals surface area contributed by atoms with Gasteiger partial charge in [0.2, 0.25) is 11.8 Å². The lowest BCUT2D eigenvalue weighted by Gasteiger charge is -2.07. The van der Waals surface area contributed by atoms with Crippen LogP contribution >= 0.6 is 23.4 Å². The molecule has 0 aliphatic heterocycles. The van der Waals surface area contributed by atoms with E-state index in [4.69, 9.17) is 11.6 Å². The summed E-state index contributed by atoms with van der Waals surface area (Å²) in [6.45, 7) is 1.48. The van der Waals surface area contributed by atoms with Crippen molar-refractivity contribution in [2.45, 2.75) is 24.9 Å². The van der Waals surface area contributed by atoms with Crippen molar-refractivity contribution >= 4 is 52.3 Å². The molecule has 0 radical (unpaired) electrons. The lowest BCUT2D eigenvalue weighted by Crippen LogP contribution is -2.15. The normalized spacial score (nSPS) is 10.6. The van der Waals surface area contributed by atoms with Crippen LogP contribution in [0.3, 0.4) is 0 Å². The van der Waals surface area contributed by atoms with Crippen LogP contribution in [0.4, 0.5) is 11.4 Å². The minimum Gasteiger partial charge on any atom is -0.325 e. The molecule has 0 unspecified atom stereocenters. The van der Waals surface area contributed by atoms with Gasteiger partial charge >= 0.3 is 0 Å². The molecule has 10 heteroatoms. The molecule has 0 bridgehead atoms. The summed E-state index contributed by atoms with van der Waals surface area (Å²) in [6, 6.07) is 13.8. The summed E-state index contributed by atoms with van der Waals surface area (Å²) >= 11 is 7.29. The minimum absolute atomic E-state index is 0.0670. The number of nitrogens with one attached hydrogen (secondary N) is 2. The van der Waals surface area contributed by atoms with E-state index >= 15 is 0 Å². The molecule has 0 saturated heterocycles. The van der Waals surface area contributed by atoms with E-state index in [2.05, 4.69) is 20.8 Å². The fourth-order valence-electron chi connectivity index (χ4n) is 2.83. The molecule has 8 nitrogen and oxygen atoms in total. The molecule has 2 N–H and O–H groups in total. The van der Waals surface area contributed by atoms with Gasteiger partial charge in [-0.3, -0.25) is 14.4 Å². The topological polar surface area (TPSA) is 106 Å². The summed E-state index contributed by atoms with van der Waals surface area (Å²) < 4.78 is 1.76. The summed E-state index contributed by atoms with van der Waals surface area (Å²) in [5.74, 6) is 0.296. The second-order valence-electron chi connectivity index (χ2n) is 6.96. The molecule has 32 heavy (non-hydrogen) atoms. The fourth-order valence-corrected chi connectivity index (χ4v) is 3.75. The molecule has 1 heterocycles. The van der Waals surface area contributed by atoms with E-state index < -0.39 is 0 Å². The van der Waals surface area contributed by atoms with Crippen molar-refractivity contribution in [1.82, 2.24) is 14.8 Å². The Bertz CT molecular complexity index is 1150. The lowest BCUT2D eigenvalue weighted by molar-refractivity contribution is -0.116. The second-order valence-corrected chi connectivity index (χ2v) is 8.31. The molecule has 1 aromatic heterocycles.